The van der Waals surface area contributed by atoms with Crippen LogP contribution in [0.1, 0.15) is 39.6 Å². The molecule has 0 saturated carbocycles. The van der Waals surface area contributed by atoms with Gasteiger partial charge in [-0.2, -0.15) is 5.10 Å². The van der Waals surface area contributed by atoms with E-state index in [-0.39, 0.29) is 17.9 Å². The Bertz CT molecular complexity index is 1400. The van der Waals surface area contributed by atoms with Gasteiger partial charge < -0.3 is 33.7 Å². The van der Waals surface area contributed by atoms with Crippen LogP contribution in [0.4, 0.5) is 0 Å². The third-order valence-corrected chi connectivity index (χ3v) is 5.69. The highest BCUT2D eigenvalue weighted by molar-refractivity contribution is 5.97. The van der Waals surface area contributed by atoms with E-state index in [2.05, 4.69) is 15.8 Å². The largest absolute Gasteiger partial charge is 0.494 e. The predicted molar refractivity (Wildman–Crippen MR) is 154 cm³/mol. The van der Waals surface area contributed by atoms with Gasteiger partial charge in [0.15, 0.2) is 23.0 Å². The highest BCUT2D eigenvalue weighted by Crippen LogP contribution is 2.38. The van der Waals surface area contributed by atoms with E-state index >= 15 is 0 Å². The molecule has 0 aliphatic rings. The first kappa shape index (κ1) is 31.3. The lowest BCUT2D eigenvalue weighted by Crippen LogP contribution is -2.34. The Labute approximate surface area is 243 Å². The molecule has 12 heteroatoms. The van der Waals surface area contributed by atoms with Crippen LogP contribution < -0.4 is 39.2 Å². The highest BCUT2D eigenvalue weighted by Gasteiger charge is 2.17. The summed E-state index contributed by atoms with van der Waals surface area (Å²) < 4.78 is 32.1. The van der Waals surface area contributed by atoms with E-state index in [1.165, 1.54) is 46.8 Å². The van der Waals surface area contributed by atoms with Crippen molar-refractivity contribution in [2.75, 3.05) is 41.6 Å². The molecule has 0 aliphatic carbocycles. The van der Waals surface area contributed by atoms with Crippen LogP contribution in [0.2, 0.25) is 0 Å². The number of rotatable bonds is 14. The standard InChI is InChI=1S/C30H33N3O9/c1-6-13-41-22-10-8-20(9-11-22)30(36)42-23-12-7-19(14-24(23)37-2)17-32-33-27(34)18-31-29(35)21-15-25(38-3)28(40-5)26(16-21)39-4/h7-12,14-17H,6,13,18H2,1-5H3,(H,31,35)(H,33,34)/b32-17+. The molecule has 3 aromatic carbocycles. The molecule has 0 heterocycles. The lowest BCUT2D eigenvalue weighted by molar-refractivity contribution is -0.120. The van der Waals surface area contributed by atoms with Gasteiger partial charge in [-0.1, -0.05) is 6.92 Å². The summed E-state index contributed by atoms with van der Waals surface area (Å²) >= 11 is 0. The molecule has 0 spiro atoms. The maximum atomic E-state index is 12.6. The molecule has 3 rings (SSSR count). The van der Waals surface area contributed by atoms with Gasteiger partial charge in [-0.05, 0) is 66.6 Å². The topological polar surface area (TPSA) is 143 Å². The average Bonchev–Trinajstić information content (AvgIpc) is 3.02. The summed E-state index contributed by atoms with van der Waals surface area (Å²) in [5.74, 6) is 0.482. The summed E-state index contributed by atoms with van der Waals surface area (Å²) in [7, 11) is 5.76. The van der Waals surface area contributed by atoms with Gasteiger partial charge in [0.05, 0.1) is 53.4 Å². The second-order valence-electron chi connectivity index (χ2n) is 8.56. The maximum absolute atomic E-state index is 12.6. The molecule has 222 valence electrons. The van der Waals surface area contributed by atoms with Gasteiger partial charge in [0.2, 0.25) is 5.75 Å². The Hall–Kier alpha value is -5.26. The SMILES string of the molecule is CCCOc1ccc(C(=O)Oc2ccc(/C=N/NC(=O)CNC(=O)c3cc(OC)c(OC)c(OC)c3)cc2OC)cc1. The van der Waals surface area contributed by atoms with Crippen molar-refractivity contribution in [1.29, 1.82) is 0 Å². The number of nitrogens with zero attached hydrogens (tertiary/aromatic N) is 1. The first-order chi connectivity index (χ1) is 20.3. The molecule has 12 nitrogen and oxygen atoms in total. The Balaban J connectivity index is 1.55. The smallest absolute Gasteiger partial charge is 0.343 e. The van der Waals surface area contributed by atoms with E-state index in [0.717, 1.165) is 6.42 Å². The van der Waals surface area contributed by atoms with Crippen LogP contribution in [-0.2, 0) is 4.79 Å². The minimum atomic E-state index is -0.560. The monoisotopic (exact) mass is 579 g/mol. The molecule has 0 atom stereocenters. The molecule has 0 unspecified atom stereocenters. The number of benzene rings is 3. The lowest BCUT2D eigenvalue weighted by atomic mass is 10.1. The van der Waals surface area contributed by atoms with Crippen LogP contribution in [-0.4, -0.2) is 65.6 Å². The second-order valence-corrected chi connectivity index (χ2v) is 8.56. The van der Waals surface area contributed by atoms with Crippen LogP contribution in [0.3, 0.4) is 0 Å². The fraction of sp³-hybridized carbons (Fsp3) is 0.267. The first-order valence-electron chi connectivity index (χ1n) is 12.9. The van der Waals surface area contributed by atoms with Gasteiger partial charge in [0, 0.05) is 5.56 Å². The van der Waals surface area contributed by atoms with Gasteiger partial charge in [-0.25, -0.2) is 10.2 Å². The van der Waals surface area contributed by atoms with Crippen molar-refractivity contribution in [3.63, 3.8) is 0 Å². The third kappa shape index (κ3) is 8.37. The number of amides is 2. The summed E-state index contributed by atoms with van der Waals surface area (Å²) in [5, 5.41) is 6.41. The number of hydrazone groups is 1. The Kier molecular flexibility index (Phi) is 11.5. The van der Waals surface area contributed by atoms with Gasteiger partial charge >= 0.3 is 5.97 Å². The van der Waals surface area contributed by atoms with E-state index in [4.69, 9.17) is 28.4 Å². The molecule has 0 saturated heterocycles. The normalized spacial score (nSPS) is 10.5. The van der Waals surface area contributed by atoms with Crippen molar-refractivity contribution in [2.45, 2.75) is 13.3 Å². The summed E-state index contributed by atoms with van der Waals surface area (Å²) in [6, 6.07) is 14.4. The zero-order valence-electron chi connectivity index (χ0n) is 24.0. The van der Waals surface area contributed by atoms with Crippen molar-refractivity contribution < 1.29 is 42.8 Å². The van der Waals surface area contributed by atoms with E-state index < -0.39 is 17.8 Å². The van der Waals surface area contributed by atoms with Crippen LogP contribution in [0.25, 0.3) is 0 Å². The van der Waals surface area contributed by atoms with Gasteiger partial charge in [0.1, 0.15) is 5.75 Å². The zero-order chi connectivity index (χ0) is 30.5. The van der Waals surface area contributed by atoms with E-state index in [0.29, 0.717) is 46.5 Å². The Morgan fingerprint density at radius 3 is 2.05 bits per heavy atom. The molecule has 0 radical (unpaired) electrons. The average molecular weight is 580 g/mol. The van der Waals surface area contributed by atoms with E-state index in [1.54, 1.807) is 42.5 Å². The molecular formula is C30H33N3O9. The lowest BCUT2D eigenvalue weighted by Gasteiger charge is -2.14. The number of carbonyl (C=O) groups is 3. The zero-order valence-corrected chi connectivity index (χ0v) is 24.0. The van der Waals surface area contributed by atoms with Gasteiger partial charge in [0.25, 0.3) is 11.8 Å². The number of nitrogens with one attached hydrogen (secondary N) is 2. The van der Waals surface area contributed by atoms with Gasteiger partial charge in [-0.3, -0.25) is 9.59 Å². The number of hydrogen-bond donors (Lipinski definition) is 2. The Morgan fingerprint density at radius 1 is 0.786 bits per heavy atom. The van der Waals surface area contributed by atoms with Crippen LogP contribution in [0.15, 0.2) is 59.7 Å². The minimum Gasteiger partial charge on any atom is -0.494 e. The van der Waals surface area contributed by atoms with E-state index in [9.17, 15) is 14.4 Å². The van der Waals surface area contributed by atoms with Crippen molar-refractivity contribution >= 4 is 24.0 Å². The van der Waals surface area contributed by atoms with Crippen molar-refractivity contribution in [3.8, 4) is 34.5 Å². The quantitative estimate of drug-likeness (QED) is 0.127. The number of methoxy groups -OCH3 is 4. The predicted octanol–water partition coefficient (Wildman–Crippen LogP) is 3.61. The second kappa shape index (κ2) is 15.5. The third-order valence-electron chi connectivity index (χ3n) is 5.69. The number of hydrogen-bond acceptors (Lipinski definition) is 10. The molecule has 42 heavy (non-hydrogen) atoms. The summed E-state index contributed by atoms with van der Waals surface area (Å²) in [6.45, 7) is 2.26. The number of esters is 1. The molecular weight excluding hydrogens is 546 g/mol. The fourth-order valence-corrected chi connectivity index (χ4v) is 3.61. The van der Waals surface area contributed by atoms with Crippen LogP contribution in [0.5, 0.6) is 34.5 Å². The summed E-state index contributed by atoms with van der Waals surface area (Å²) in [5.41, 5.74) is 3.46. The van der Waals surface area contributed by atoms with Gasteiger partial charge in [-0.15, -0.1) is 0 Å². The first-order valence-corrected chi connectivity index (χ1v) is 12.9. The number of carbonyl (C=O) groups excluding carboxylic acids is 3. The molecule has 0 bridgehead atoms. The summed E-state index contributed by atoms with van der Waals surface area (Å²) in [4.78, 5) is 37.4. The molecule has 0 aliphatic heterocycles. The van der Waals surface area contributed by atoms with Crippen molar-refractivity contribution in [1.82, 2.24) is 10.7 Å². The molecule has 3 aromatic rings. The van der Waals surface area contributed by atoms with E-state index in [1.807, 2.05) is 6.92 Å². The van der Waals surface area contributed by atoms with Crippen LogP contribution >= 0.6 is 0 Å². The van der Waals surface area contributed by atoms with Crippen molar-refractivity contribution in [3.05, 3.63) is 71.3 Å². The summed E-state index contributed by atoms with van der Waals surface area (Å²) in [6.07, 6.45) is 2.26. The molecule has 2 amide bonds. The minimum absolute atomic E-state index is 0.213. The molecule has 2 N–H and O–H groups in total. The molecule has 0 fully saturated rings. The van der Waals surface area contributed by atoms with Crippen molar-refractivity contribution in [2.24, 2.45) is 5.10 Å². The number of ether oxygens (including phenoxy) is 6. The van der Waals surface area contributed by atoms with Crippen LogP contribution in [0, 0.1) is 0 Å². The Morgan fingerprint density at radius 2 is 1.45 bits per heavy atom. The highest BCUT2D eigenvalue weighted by atomic mass is 16.6. The maximum Gasteiger partial charge on any atom is 0.343 e. The molecule has 0 aromatic heterocycles. The fourth-order valence-electron chi connectivity index (χ4n) is 3.61.